The highest BCUT2D eigenvalue weighted by atomic mass is 19.4. The summed E-state index contributed by atoms with van der Waals surface area (Å²) in [6.07, 6.45) is 1.52. The summed E-state index contributed by atoms with van der Waals surface area (Å²) in [5, 5.41) is 9.40. The molecule has 0 spiro atoms. The number of rotatable bonds is 6. The maximum atomic E-state index is 13.0. The van der Waals surface area contributed by atoms with Gasteiger partial charge < -0.3 is 16.0 Å². The molecule has 1 amide bonds. The largest absolute Gasteiger partial charge is 0.416 e. The Balaban J connectivity index is 1.27. The normalized spacial score (nSPS) is 22.8. The van der Waals surface area contributed by atoms with Gasteiger partial charge in [0.1, 0.15) is 12.1 Å². The van der Waals surface area contributed by atoms with E-state index in [1.807, 2.05) is 7.05 Å². The molecule has 1 aliphatic heterocycles. The van der Waals surface area contributed by atoms with Gasteiger partial charge in [-0.1, -0.05) is 0 Å². The van der Waals surface area contributed by atoms with E-state index in [-0.39, 0.29) is 29.7 Å². The molecule has 1 saturated carbocycles. The average molecular weight is 436 g/mol. The smallest absolute Gasteiger partial charge is 0.360 e. The fourth-order valence-corrected chi connectivity index (χ4v) is 4.45. The average Bonchev–Trinajstić information content (AvgIpc) is 2.73. The van der Waals surface area contributed by atoms with Gasteiger partial charge in [-0.3, -0.25) is 9.69 Å². The van der Waals surface area contributed by atoms with E-state index in [1.165, 1.54) is 38.1 Å². The predicted molar refractivity (Wildman–Crippen MR) is 112 cm³/mol. The topological polar surface area (TPSA) is 82.2 Å². The molecule has 2 heterocycles. The molecule has 168 valence electrons. The molecule has 2 aliphatic rings. The lowest BCUT2D eigenvalue weighted by atomic mass is 9.88. The van der Waals surface area contributed by atoms with Crippen LogP contribution in [0.3, 0.4) is 0 Å². The molecule has 7 nitrogen and oxygen atoms in total. The van der Waals surface area contributed by atoms with Crippen LogP contribution >= 0.6 is 0 Å². The van der Waals surface area contributed by atoms with E-state index in [0.29, 0.717) is 17.6 Å². The number of hydrogen-bond acceptors (Lipinski definition) is 6. The Morgan fingerprint density at radius 3 is 2.55 bits per heavy atom. The highest BCUT2D eigenvalue weighted by Gasteiger charge is 2.35. The molecule has 1 aliphatic carbocycles. The first kappa shape index (κ1) is 21.8. The molecule has 2 aromatic rings. The monoisotopic (exact) mass is 436 g/mol. The van der Waals surface area contributed by atoms with Gasteiger partial charge in [-0.25, -0.2) is 9.97 Å². The number of alkyl halides is 3. The first-order valence-corrected chi connectivity index (χ1v) is 10.6. The second kappa shape index (κ2) is 8.96. The lowest BCUT2D eigenvalue weighted by molar-refractivity contribution is -0.137. The maximum Gasteiger partial charge on any atom is 0.416 e. The fraction of sp³-hybridized carbons (Fsp3) is 0.571. The summed E-state index contributed by atoms with van der Waals surface area (Å²) in [4.78, 5) is 22.8. The van der Waals surface area contributed by atoms with Gasteiger partial charge >= 0.3 is 6.18 Å². The summed E-state index contributed by atoms with van der Waals surface area (Å²) >= 11 is 0. The second-order valence-electron chi connectivity index (χ2n) is 8.32. The lowest BCUT2D eigenvalue weighted by Crippen LogP contribution is -2.63. The quantitative estimate of drug-likeness (QED) is 0.645. The number of carbonyl (C=O) groups excluding carboxylic acids is 1. The van der Waals surface area contributed by atoms with E-state index in [4.69, 9.17) is 0 Å². The van der Waals surface area contributed by atoms with Crippen LogP contribution < -0.4 is 16.0 Å². The fourth-order valence-electron chi connectivity index (χ4n) is 4.45. The van der Waals surface area contributed by atoms with Crippen LogP contribution in [0.4, 0.5) is 19.0 Å². The third-order valence-electron chi connectivity index (χ3n) is 6.28. The third kappa shape index (κ3) is 5.07. The number of amides is 1. The lowest BCUT2D eigenvalue weighted by Gasteiger charge is -2.46. The molecule has 0 atom stereocenters. The molecular formula is C21H27F3N6O. The summed E-state index contributed by atoms with van der Waals surface area (Å²) in [6.45, 7) is 1.62. The van der Waals surface area contributed by atoms with Crippen molar-refractivity contribution >= 4 is 22.6 Å². The van der Waals surface area contributed by atoms with Crippen molar-refractivity contribution in [3.05, 3.63) is 30.1 Å². The zero-order chi connectivity index (χ0) is 22.0. The second-order valence-corrected chi connectivity index (χ2v) is 8.32. The van der Waals surface area contributed by atoms with Gasteiger partial charge in [0.05, 0.1) is 23.7 Å². The van der Waals surface area contributed by atoms with Crippen LogP contribution in [-0.4, -0.2) is 65.6 Å². The molecule has 0 bridgehead atoms. The molecule has 1 aromatic heterocycles. The van der Waals surface area contributed by atoms with Gasteiger partial charge in [-0.05, 0) is 50.9 Å². The van der Waals surface area contributed by atoms with Gasteiger partial charge in [-0.2, -0.15) is 13.2 Å². The van der Waals surface area contributed by atoms with Crippen molar-refractivity contribution in [3.8, 4) is 0 Å². The predicted octanol–water partition coefficient (Wildman–Crippen LogP) is 2.39. The van der Waals surface area contributed by atoms with Crippen LogP contribution in [0.25, 0.3) is 10.9 Å². The van der Waals surface area contributed by atoms with Gasteiger partial charge in [0, 0.05) is 30.6 Å². The zero-order valence-electron chi connectivity index (χ0n) is 17.4. The Labute approximate surface area is 178 Å². The van der Waals surface area contributed by atoms with Crippen LogP contribution in [0, 0.1) is 0 Å². The van der Waals surface area contributed by atoms with E-state index < -0.39 is 11.7 Å². The number of nitrogens with zero attached hydrogens (tertiary/aromatic N) is 3. The van der Waals surface area contributed by atoms with Crippen molar-refractivity contribution in [2.24, 2.45) is 0 Å². The number of anilines is 1. The molecule has 0 unspecified atom stereocenters. The van der Waals surface area contributed by atoms with Crippen LogP contribution in [0.5, 0.6) is 0 Å². The molecule has 1 aromatic carbocycles. The van der Waals surface area contributed by atoms with Crippen molar-refractivity contribution in [1.82, 2.24) is 25.5 Å². The first-order chi connectivity index (χ1) is 14.8. The molecule has 31 heavy (non-hydrogen) atoms. The first-order valence-electron chi connectivity index (χ1n) is 10.6. The van der Waals surface area contributed by atoms with E-state index in [9.17, 15) is 18.0 Å². The molecule has 0 radical (unpaired) electrons. The minimum atomic E-state index is -4.46. The van der Waals surface area contributed by atoms with E-state index >= 15 is 0 Å². The molecule has 1 saturated heterocycles. The number of carbonyl (C=O) groups is 1. The van der Waals surface area contributed by atoms with Crippen LogP contribution in [0.1, 0.15) is 31.2 Å². The van der Waals surface area contributed by atoms with Crippen molar-refractivity contribution in [2.75, 3.05) is 32.0 Å². The standard InChI is InChI=1S/C21H27F3N6O/c1-25-14-3-5-16(6-4-14)30-10-15(11-30)29-19(31)9-26-20-17-8-13(21(22,23)24)2-7-18(17)27-12-28-20/h2,7-8,12,14-16,25H,3-6,9-11H2,1H3,(H,29,31)(H,26,27,28)/t14-,16-. The van der Waals surface area contributed by atoms with Gasteiger partial charge in [0.25, 0.3) is 0 Å². The number of hydrogen-bond donors (Lipinski definition) is 3. The summed E-state index contributed by atoms with van der Waals surface area (Å²) < 4.78 is 39.1. The van der Waals surface area contributed by atoms with Crippen LogP contribution in [-0.2, 0) is 11.0 Å². The van der Waals surface area contributed by atoms with Crippen molar-refractivity contribution in [1.29, 1.82) is 0 Å². The Bertz CT molecular complexity index is 923. The SMILES string of the molecule is CN[C@H]1CC[C@H](N2CC(NC(=O)CNc3ncnc4ccc(C(F)(F)F)cc34)C2)CC1. The minimum Gasteiger partial charge on any atom is -0.360 e. The molecule has 10 heteroatoms. The minimum absolute atomic E-state index is 0.0634. The number of nitrogens with one attached hydrogen (secondary N) is 3. The number of aromatic nitrogens is 2. The molecule has 2 fully saturated rings. The Hall–Kier alpha value is -2.46. The molecule has 4 rings (SSSR count). The van der Waals surface area contributed by atoms with E-state index in [2.05, 4.69) is 30.8 Å². The van der Waals surface area contributed by atoms with Gasteiger partial charge in [0.2, 0.25) is 5.91 Å². The maximum absolute atomic E-state index is 13.0. The van der Waals surface area contributed by atoms with Crippen molar-refractivity contribution < 1.29 is 18.0 Å². The Morgan fingerprint density at radius 2 is 1.87 bits per heavy atom. The molecular weight excluding hydrogens is 409 g/mol. The van der Waals surface area contributed by atoms with Crippen molar-refractivity contribution in [2.45, 2.75) is 50.0 Å². The number of fused-ring (bicyclic) bond motifs is 1. The van der Waals surface area contributed by atoms with Crippen molar-refractivity contribution in [3.63, 3.8) is 0 Å². The summed E-state index contributed by atoms with van der Waals surface area (Å²) in [5.41, 5.74) is -0.394. The highest BCUT2D eigenvalue weighted by molar-refractivity contribution is 5.91. The zero-order valence-corrected chi connectivity index (χ0v) is 17.4. The third-order valence-corrected chi connectivity index (χ3v) is 6.28. The van der Waals surface area contributed by atoms with E-state index in [1.54, 1.807) is 0 Å². The highest BCUT2D eigenvalue weighted by Crippen LogP contribution is 2.32. The van der Waals surface area contributed by atoms with Crippen LogP contribution in [0.2, 0.25) is 0 Å². The van der Waals surface area contributed by atoms with Gasteiger partial charge in [0.15, 0.2) is 0 Å². The Morgan fingerprint density at radius 1 is 1.13 bits per heavy atom. The number of likely N-dealkylation sites (tertiary alicyclic amines) is 1. The summed E-state index contributed by atoms with van der Waals surface area (Å²) in [6, 6.07) is 4.60. The summed E-state index contributed by atoms with van der Waals surface area (Å²) in [5.74, 6) is 0.00468. The van der Waals surface area contributed by atoms with E-state index in [0.717, 1.165) is 25.2 Å². The summed E-state index contributed by atoms with van der Waals surface area (Å²) in [7, 11) is 2.01. The molecule has 3 N–H and O–H groups in total. The van der Waals surface area contributed by atoms with Gasteiger partial charge in [-0.15, -0.1) is 0 Å². The van der Waals surface area contributed by atoms with Crippen LogP contribution in [0.15, 0.2) is 24.5 Å². The number of benzene rings is 1. The Kier molecular flexibility index (Phi) is 6.29. The number of halogens is 3.